The number of hydrogen-bond donors (Lipinski definition) is 1. The summed E-state index contributed by atoms with van der Waals surface area (Å²) in [6.07, 6.45) is 3.13. The van der Waals surface area contributed by atoms with Gasteiger partial charge in [-0.15, -0.1) is 0 Å². The Hall–Kier alpha value is -1.36. The van der Waals surface area contributed by atoms with Crippen LogP contribution in [0, 0.1) is 6.92 Å². The Kier molecular flexibility index (Phi) is 4.01. The molecule has 1 aliphatic heterocycles. The van der Waals surface area contributed by atoms with Crippen LogP contribution in [0.15, 0.2) is 6.07 Å². The van der Waals surface area contributed by atoms with Crippen LogP contribution in [-0.4, -0.2) is 48.4 Å². The number of hydrogen-bond acceptors (Lipinski definition) is 5. The molecule has 1 aromatic heterocycles. The van der Waals surface area contributed by atoms with Gasteiger partial charge < -0.3 is 14.9 Å². The molecule has 5 nitrogen and oxygen atoms in total. The third-order valence-electron chi connectivity index (χ3n) is 3.40. The minimum absolute atomic E-state index is 0.242. The number of aryl methyl sites for hydroxylation is 1. The van der Waals surface area contributed by atoms with Crippen molar-refractivity contribution in [1.29, 1.82) is 0 Å². The monoisotopic (exact) mass is 250 g/mol. The van der Waals surface area contributed by atoms with Crippen LogP contribution in [0.1, 0.15) is 25.1 Å². The summed E-state index contributed by atoms with van der Waals surface area (Å²) >= 11 is 0. The van der Waals surface area contributed by atoms with Crippen LogP contribution in [0.3, 0.4) is 0 Å². The number of rotatable bonds is 4. The molecule has 0 radical (unpaired) electrons. The summed E-state index contributed by atoms with van der Waals surface area (Å²) < 4.78 is 0. The van der Waals surface area contributed by atoms with E-state index >= 15 is 0 Å². The quantitative estimate of drug-likeness (QED) is 0.870. The normalized spacial score (nSPS) is 19.3. The van der Waals surface area contributed by atoms with Crippen LogP contribution in [-0.2, 0) is 0 Å². The molecule has 2 heterocycles. The second kappa shape index (κ2) is 5.52. The first-order valence-corrected chi connectivity index (χ1v) is 6.52. The molecule has 0 bridgehead atoms. The van der Waals surface area contributed by atoms with E-state index in [0.717, 1.165) is 36.8 Å². The van der Waals surface area contributed by atoms with Crippen molar-refractivity contribution in [3.63, 3.8) is 0 Å². The van der Waals surface area contributed by atoms with Gasteiger partial charge in [0, 0.05) is 39.4 Å². The maximum atomic E-state index is 9.12. The van der Waals surface area contributed by atoms with Gasteiger partial charge >= 0.3 is 0 Å². The van der Waals surface area contributed by atoms with Crippen molar-refractivity contribution in [1.82, 2.24) is 9.97 Å². The fourth-order valence-electron chi connectivity index (χ4n) is 2.50. The topological polar surface area (TPSA) is 52.5 Å². The molecule has 0 aliphatic carbocycles. The molecule has 1 fully saturated rings. The van der Waals surface area contributed by atoms with E-state index in [9.17, 15) is 0 Å². The van der Waals surface area contributed by atoms with Gasteiger partial charge in [-0.05, 0) is 26.2 Å². The largest absolute Gasteiger partial charge is 0.396 e. The highest BCUT2D eigenvalue weighted by Crippen LogP contribution is 2.27. The zero-order chi connectivity index (χ0) is 13.1. The minimum Gasteiger partial charge on any atom is -0.396 e. The number of aliphatic hydroxyl groups is 1. The highest BCUT2D eigenvalue weighted by molar-refractivity contribution is 5.51. The zero-order valence-electron chi connectivity index (χ0n) is 11.4. The number of aromatic nitrogens is 2. The van der Waals surface area contributed by atoms with Gasteiger partial charge in [0.2, 0.25) is 0 Å². The first-order valence-electron chi connectivity index (χ1n) is 6.52. The third-order valence-corrected chi connectivity index (χ3v) is 3.40. The van der Waals surface area contributed by atoms with E-state index in [0.29, 0.717) is 6.04 Å². The van der Waals surface area contributed by atoms with Gasteiger partial charge in [0.25, 0.3) is 0 Å². The van der Waals surface area contributed by atoms with Crippen molar-refractivity contribution in [2.45, 2.75) is 32.2 Å². The molecule has 5 heteroatoms. The molecule has 0 saturated carbocycles. The van der Waals surface area contributed by atoms with Gasteiger partial charge in [-0.1, -0.05) is 0 Å². The first kappa shape index (κ1) is 13.1. The molecule has 0 amide bonds. The summed E-state index contributed by atoms with van der Waals surface area (Å²) in [5, 5.41) is 9.12. The molecule has 1 aromatic rings. The van der Waals surface area contributed by atoms with E-state index in [-0.39, 0.29) is 6.61 Å². The molecule has 0 spiro atoms. The molecule has 2 rings (SSSR count). The fraction of sp³-hybridized carbons (Fsp3) is 0.692. The van der Waals surface area contributed by atoms with Gasteiger partial charge in [0.05, 0.1) is 0 Å². The van der Waals surface area contributed by atoms with Crippen LogP contribution >= 0.6 is 0 Å². The molecular formula is C13H22N4O. The maximum Gasteiger partial charge on any atom is 0.134 e. The van der Waals surface area contributed by atoms with Gasteiger partial charge in [0.15, 0.2) is 0 Å². The Morgan fingerprint density at radius 1 is 1.44 bits per heavy atom. The molecular weight excluding hydrogens is 228 g/mol. The van der Waals surface area contributed by atoms with Crippen LogP contribution in [0.5, 0.6) is 0 Å². The van der Waals surface area contributed by atoms with E-state index in [2.05, 4.69) is 14.9 Å². The van der Waals surface area contributed by atoms with Crippen LogP contribution in [0.25, 0.3) is 0 Å². The average molecular weight is 250 g/mol. The molecule has 1 unspecified atom stereocenters. The van der Waals surface area contributed by atoms with E-state index in [1.165, 1.54) is 6.42 Å². The number of nitrogens with zero attached hydrogens (tertiary/aromatic N) is 4. The van der Waals surface area contributed by atoms with Crippen LogP contribution in [0.4, 0.5) is 11.6 Å². The zero-order valence-corrected chi connectivity index (χ0v) is 11.4. The smallest absolute Gasteiger partial charge is 0.134 e. The van der Waals surface area contributed by atoms with E-state index in [1.54, 1.807) is 0 Å². The molecule has 18 heavy (non-hydrogen) atoms. The summed E-state index contributed by atoms with van der Waals surface area (Å²) in [6, 6.07) is 2.45. The molecule has 0 aromatic carbocycles. The SMILES string of the molecule is Cc1nc(N(C)C)cc(N2CCCC2CCO)n1. The average Bonchev–Trinajstić information content (AvgIpc) is 2.77. The Bertz CT molecular complexity index is 408. The minimum atomic E-state index is 0.242. The summed E-state index contributed by atoms with van der Waals surface area (Å²) in [6.45, 7) is 3.19. The number of anilines is 2. The van der Waals surface area contributed by atoms with Gasteiger partial charge in [0.1, 0.15) is 17.5 Å². The van der Waals surface area contributed by atoms with Crippen molar-refractivity contribution in [2.24, 2.45) is 0 Å². The standard InChI is InChI=1S/C13H22N4O/c1-10-14-12(16(2)3)9-13(15-10)17-7-4-5-11(17)6-8-18/h9,11,18H,4-8H2,1-3H3. The Labute approximate surface area is 108 Å². The second-order valence-electron chi connectivity index (χ2n) is 5.03. The van der Waals surface area contributed by atoms with Gasteiger partial charge in [-0.25, -0.2) is 9.97 Å². The van der Waals surface area contributed by atoms with Crippen LogP contribution in [0.2, 0.25) is 0 Å². The van der Waals surface area contributed by atoms with E-state index in [4.69, 9.17) is 5.11 Å². The van der Waals surface area contributed by atoms with Crippen molar-refractivity contribution in [3.05, 3.63) is 11.9 Å². The lowest BCUT2D eigenvalue weighted by molar-refractivity contribution is 0.275. The fourth-order valence-corrected chi connectivity index (χ4v) is 2.50. The molecule has 1 N–H and O–H groups in total. The van der Waals surface area contributed by atoms with Crippen molar-refractivity contribution < 1.29 is 5.11 Å². The predicted molar refractivity (Wildman–Crippen MR) is 73.2 cm³/mol. The van der Waals surface area contributed by atoms with Crippen LogP contribution < -0.4 is 9.80 Å². The van der Waals surface area contributed by atoms with Crippen molar-refractivity contribution in [2.75, 3.05) is 37.0 Å². The molecule has 1 saturated heterocycles. The highest BCUT2D eigenvalue weighted by atomic mass is 16.3. The van der Waals surface area contributed by atoms with Gasteiger partial charge in [-0.3, -0.25) is 0 Å². The lowest BCUT2D eigenvalue weighted by atomic mass is 10.1. The Balaban J connectivity index is 2.26. The Morgan fingerprint density at radius 3 is 2.89 bits per heavy atom. The summed E-state index contributed by atoms with van der Waals surface area (Å²) in [5.41, 5.74) is 0. The summed E-state index contributed by atoms with van der Waals surface area (Å²) in [7, 11) is 3.97. The number of aliphatic hydroxyl groups excluding tert-OH is 1. The second-order valence-corrected chi connectivity index (χ2v) is 5.03. The van der Waals surface area contributed by atoms with Gasteiger partial charge in [-0.2, -0.15) is 0 Å². The third kappa shape index (κ3) is 2.72. The Morgan fingerprint density at radius 2 is 2.22 bits per heavy atom. The lowest BCUT2D eigenvalue weighted by Gasteiger charge is -2.26. The maximum absolute atomic E-state index is 9.12. The predicted octanol–water partition coefficient (Wildman–Crippen LogP) is 1.20. The summed E-state index contributed by atoms with van der Waals surface area (Å²) in [5.74, 6) is 2.72. The summed E-state index contributed by atoms with van der Waals surface area (Å²) in [4.78, 5) is 13.3. The van der Waals surface area contributed by atoms with Crippen molar-refractivity contribution >= 4 is 11.6 Å². The van der Waals surface area contributed by atoms with Crippen molar-refractivity contribution in [3.8, 4) is 0 Å². The van der Waals surface area contributed by atoms with E-state index < -0.39 is 0 Å². The molecule has 1 atom stereocenters. The highest BCUT2D eigenvalue weighted by Gasteiger charge is 2.25. The molecule has 1 aliphatic rings. The molecule has 100 valence electrons. The lowest BCUT2D eigenvalue weighted by Crippen LogP contribution is -2.31. The first-order chi connectivity index (χ1) is 8.61. The van der Waals surface area contributed by atoms with E-state index in [1.807, 2.05) is 32.0 Å².